The van der Waals surface area contributed by atoms with Crippen LogP contribution in [-0.4, -0.2) is 47.1 Å². The van der Waals surface area contributed by atoms with Gasteiger partial charge in [0.05, 0.1) is 18.9 Å². The quantitative estimate of drug-likeness (QED) is 0.882. The van der Waals surface area contributed by atoms with Crippen LogP contribution in [-0.2, 0) is 9.59 Å². The van der Waals surface area contributed by atoms with E-state index in [2.05, 4.69) is 17.2 Å². The largest absolute Gasteiger partial charge is 0.497 e. The molecule has 1 aliphatic carbocycles. The van der Waals surface area contributed by atoms with Crippen molar-refractivity contribution < 1.29 is 19.4 Å². The van der Waals surface area contributed by atoms with Crippen molar-refractivity contribution in [3.63, 3.8) is 0 Å². The average molecular weight is 356 g/mol. The third kappa shape index (κ3) is 2.83. The molecule has 1 aliphatic heterocycles. The number of methoxy groups -OCH3 is 1. The summed E-state index contributed by atoms with van der Waals surface area (Å²) >= 11 is 0. The lowest BCUT2D eigenvalue weighted by atomic mass is 9.72. The zero-order chi connectivity index (χ0) is 18.3. The summed E-state index contributed by atoms with van der Waals surface area (Å²) in [6, 6.07) is 6.03. The van der Waals surface area contributed by atoms with Gasteiger partial charge < -0.3 is 19.7 Å². The molecule has 2 N–H and O–H groups in total. The Hall–Kier alpha value is -2.50. The molecule has 1 saturated heterocycles. The summed E-state index contributed by atoms with van der Waals surface area (Å²) in [4.78, 5) is 29.0. The molecular weight excluding hydrogens is 332 g/mol. The number of hydrogen-bond donors (Lipinski definition) is 2. The van der Waals surface area contributed by atoms with Crippen molar-refractivity contribution in [1.29, 1.82) is 0 Å². The van der Waals surface area contributed by atoms with E-state index in [-0.39, 0.29) is 11.8 Å². The van der Waals surface area contributed by atoms with E-state index in [9.17, 15) is 14.7 Å². The van der Waals surface area contributed by atoms with Gasteiger partial charge in [-0.25, -0.2) is 0 Å². The van der Waals surface area contributed by atoms with E-state index in [0.29, 0.717) is 31.8 Å². The first-order valence-corrected chi connectivity index (χ1v) is 9.25. The van der Waals surface area contributed by atoms with Gasteiger partial charge >= 0.3 is 5.97 Å². The number of benzene rings is 1. The predicted octanol–water partition coefficient (Wildman–Crippen LogP) is 2.99. The van der Waals surface area contributed by atoms with Gasteiger partial charge in [0.2, 0.25) is 5.91 Å². The third-order valence-electron chi connectivity index (χ3n) is 6.08. The second kappa shape index (κ2) is 6.67. The highest BCUT2D eigenvalue weighted by Gasteiger charge is 2.43. The SMILES string of the molecule is COc1ccc2[nH]cc(C3CCN(C(=O)C4CCC4C(=O)O)CC3)c2c1. The van der Waals surface area contributed by atoms with E-state index in [1.54, 1.807) is 7.11 Å². The number of carbonyl (C=O) groups excluding carboxylic acids is 1. The maximum Gasteiger partial charge on any atom is 0.307 e. The molecule has 1 saturated carbocycles. The Kier molecular flexibility index (Phi) is 4.34. The fraction of sp³-hybridized carbons (Fsp3) is 0.500. The maximum absolute atomic E-state index is 12.6. The molecule has 0 spiro atoms. The summed E-state index contributed by atoms with van der Waals surface area (Å²) in [6.45, 7) is 1.39. The lowest BCUT2D eigenvalue weighted by molar-refractivity contribution is -0.157. The number of nitrogens with zero attached hydrogens (tertiary/aromatic N) is 1. The molecule has 2 heterocycles. The zero-order valence-corrected chi connectivity index (χ0v) is 14.9. The van der Waals surface area contributed by atoms with Gasteiger partial charge in [-0.3, -0.25) is 9.59 Å². The van der Waals surface area contributed by atoms with Crippen molar-refractivity contribution in [1.82, 2.24) is 9.88 Å². The molecule has 138 valence electrons. The summed E-state index contributed by atoms with van der Waals surface area (Å²) in [5.41, 5.74) is 2.37. The molecule has 6 heteroatoms. The molecule has 6 nitrogen and oxygen atoms in total. The van der Waals surface area contributed by atoms with E-state index in [1.165, 1.54) is 10.9 Å². The summed E-state index contributed by atoms with van der Waals surface area (Å²) < 4.78 is 5.34. The Bertz CT molecular complexity index is 835. The van der Waals surface area contributed by atoms with Crippen LogP contribution in [0.4, 0.5) is 0 Å². The Balaban J connectivity index is 1.44. The van der Waals surface area contributed by atoms with Crippen LogP contribution in [0.1, 0.15) is 37.2 Å². The number of aromatic nitrogens is 1. The number of nitrogens with one attached hydrogen (secondary N) is 1. The summed E-state index contributed by atoms with van der Waals surface area (Å²) in [7, 11) is 1.67. The monoisotopic (exact) mass is 356 g/mol. The number of rotatable bonds is 4. The first-order chi connectivity index (χ1) is 12.6. The van der Waals surface area contributed by atoms with Crippen LogP contribution in [0.3, 0.4) is 0 Å². The van der Waals surface area contributed by atoms with Crippen molar-refractivity contribution in [2.45, 2.75) is 31.6 Å². The Morgan fingerprint density at radius 1 is 1.15 bits per heavy atom. The molecule has 2 aliphatic rings. The first kappa shape index (κ1) is 16.9. The highest BCUT2D eigenvalue weighted by molar-refractivity contribution is 5.87. The van der Waals surface area contributed by atoms with Gasteiger partial charge in [0.25, 0.3) is 0 Å². The van der Waals surface area contributed by atoms with Gasteiger partial charge in [0, 0.05) is 30.2 Å². The van der Waals surface area contributed by atoms with Crippen LogP contribution in [0.15, 0.2) is 24.4 Å². The van der Waals surface area contributed by atoms with Crippen LogP contribution in [0.2, 0.25) is 0 Å². The van der Waals surface area contributed by atoms with Gasteiger partial charge in [-0.15, -0.1) is 0 Å². The van der Waals surface area contributed by atoms with Crippen LogP contribution < -0.4 is 4.74 Å². The molecule has 1 aromatic carbocycles. The van der Waals surface area contributed by atoms with Gasteiger partial charge in [-0.05, 0) is 55.4 Å². The lowest BCUT2D eigenvalue weighted by Crippen LogP contribution is -2.48. The Morgan fingerprint density at radius 2 is 1.88 bits per heavy atom. The number of piperidine rings is 1. The minimum Gasteiger partial charge on any atom is -0.497 e. The molecule has 1 aromatic heterocycles. The smallest absolute Gasteiger partial charge is 0.307 e. The van der Waals surface area contributed by atoms with E-state index >= 15 is 0 Å². The van der Waals surface area contributed by atoms with Gasteiger partial charge in [0.1, 0.15) is 5.75 Å². The highest BCUT2D eigenvalue weighted by atomic mass is 16.5. The number of carboxylic acids is 1. The molecule has 0 bridgehead atoms. The van der Waals surface area contributed by atoms with Gasteiger partial charge in [-0.2, -0.15) is 0 Å². The molecule has 1 amide bonds. The first-order valence-electron chi connectivity index (χ1n) is 9.25. The number of likely N-dealkylation sites (tertiary alicyclic amines) is 1. The predicted molar refractivity (Wildman–Crippen MR) is 97.3 cm³/mol. The summed E-state index contributed by atoms with van der Waals surface area (Å²) in [5, 5.41) is 10.4. The van der Waals surface area contributed by atoms with Crippen molar-refractivity contribution >= 4 is 22.8 Å². The number of aliphatic carboxylic acids is 1. The van der Waals surface area contributed by atoms with Crippen LogP contribution in [0, 0.1) is 11.8 Å². The van der Waals surface area contributed by atoms with Crippen LogP contribution in [0.5, 0.6) is 5.75 Å². The fourth-order valence-corrected chi connectivity index (χ4v) is 4.32. The van der Waals surface area contributed by atoms with Crippen LogP contribution in [0.25, 0.3) is 10.9 Å². The second-order valence-electron chi connectivity index (χ2n) is 7.38. The topological polar surface area (TPSA) is 82.6 Å². The van der Waals surface area contributed by atoms with E-state index in [0.717, 1.165) is 24.1 Å². The molecular formula is C20H24N2O4. The minimum absolute atomic E-state index is 0.0303. The maximum atomic E-state index is 12.6. The molecule has 26 heavy (non-hydrogen) atoms. The number of aromatic amines is 1. The highest BCUT2D eigenvalue weighted by Crippen LogP contribution is 2.38. The standard InChI is InChI=1S/C20H24N2O4/c1-26-13-2-5-18-16(10-13)17(11-21-18)12-6-8-22(9-7-12)19(23)14-3-4-15(14)20(24)25/h2,5,10-12,14-15,21H,3-4,6-9H2,1H3,(H,24,25). The molecule has 4 rings (SSSR count). The molecule has 2 fully saturated rings. The average Bonchev–Trinajstić information content (AvgIpc) is 3.03. The summed E-state index contributed by atoms with van der Waals surface area (Å²) in [6.07, 6.45) is 5.21. The lowest BCUT2D eigenvalue weighted by Gasteiger charge is -2.39. The van der Waals surface area contributed by atoms with Crippen LogP contribution >= 0.6 is 0 Å². The second-order valence-corrected chi connectivity index (χ2v) is 7.38. The van der Waals surface area contributed by atoms with Crippen molar-refractivity contribution in [3.05, 3.63) is 30.0 Å². The van der Waals surface area contributed by atoms with Gasteiger partial charge in [-0.1, -0.05) is 0 Å². The van der Waals surface area contributed by atoms with Crippen molar-refractivity contribution in [2.75, 3.05) is 20.2 Å². The van der Waals surface area contributed by atoms with E-state index in [4.69, 9.17) is 4.74 Å². The molecule has 2 aromatic rings. The fourth-order valence-electron chi connectivity index (χ4n) is 4.32. The van der Waals surface area contributed by atoms with Crippen molar-refractivity contribution in [3.8, 4) is 5.75 Å². The number of ether oxygens (including phenoxy) is 1. The van der Waals surface area contributed by atoms with E-state index in [1.807, 2.05) is 17.0 Å². The molecule has 0 radical (unpaired) electrons. The Morgan fingerprint density at radius 3 is 2.50 bits per heavy atom. The Labute approximate surface area is 152 Å². The number of fused-ring (bicyclic) bond motifs is 1. The summed E-state index contributed by atoms with van der Waals surface area (Å²) in [5.74, 6) is -0.366. The third-order valence-corrected chi connectivity index (χ3v) is 6.08. The number of carbonyl (C=O) groups is 2. The number of H-pyrrole nitrogens is 1. The van der Waals surface area contributed by atoms with Gasteiger partial charge in [0.15, 0.2) is 0 Å². The number of amides is 1. The zero-order valence-electron chi connectivity index (χ0n) is 14.9. The normalized spacial score (nSPS) is 23.7. The minimum atomic E-state index is -0.836. The van der Waals surface area contributed by atoms with E-state index < -0.39 is 11.9 Å². The number of hydrogen-bond acceptors (Lipinski definition) is 3. The number of carboxylic acid groups (broad SMARTS) is 1. The van der Waals surface area contributed by atoms with Crippen molar-refractivity contribution in [2.24, 2.45) is 11.8 Å². The molecule has 2 atom stereocenters. The molecule has 2 unspecified atom stereocenters.